The molecule has 98 valence electrons. The van der Waals surface area contributed by atoms with E-state index in [1.165, 1.54) is 18.2 Å². The molecule has 0 spiro atoms. The van der Waals surface area contributed by atoms with Crippen molar-refractivity contribution in [2.75, 3.05) is 5.73 Å². The lowest BCUT2D eigenvalue weighted by Gasteiger charge is -2.04. The molecule has 0 heterocycles. The van der Waals surface area contributed by atoms with Gasteiger partial charge in [0.25, 0.3) is 0 Å². The van der Waals surface area contributed by atoms with E-state index in [4.69, 9.17) is 17.3 Å². The zero-order chi connectivity index (χ0) is 14.0. The number of anilines is 1. The fourth-order valence-electron chi connectivity index (χ4n) is 1.65. The lowest BCUT2D eigenvalue weighted by atomic mass is 10.0. The van der Waals surface area contributed by atoms with E-state index in [0.717, 1.165) is 12.1 Å². The van der Waals surface area contributed by atoms with Crippen molar-refractivity contribution in [3.63, 3.8) is 0 Å². The maximum absolute atomic E-state index is 13.0. The molecule has 19 heavy (non-hydrogen) atoms. The number of nitrogens with two attached hydrogens (primary N) is 1. The van der Waals surface area contributed by atoms with Gasteiger partial charge in [-0.1, -0.05) is 17.7 Å². The first-order chi connectivity index (χ1) is 8.97. The molecule has 0 bridgehead atoms. The summed E-state index contributed by atoms with van der Waals surface area (Å²) in [5.41, 5.74) is 6.69. The second-order valence-corrected chi connectivity index (χ2v) is 4.49. The Kier molecular flexibility index (Phi) is 3.81. The monoisotopic (exact) mass is 281 g/mol. The summed E-state index contributed by atoms with van der Waals surface area (Å²) < 4.78 is 25.8. The molecule has 0 aliphatic rings. The second kappa shape index (κ2) is 5.36. The Bertz CT molecular complexity index is 643. The molecule has 0 radical (unpaired) electrons. The third-order valence-electron chi connectivity index (χ3n) is 2.67. The van der Waals surface area contributed by atoms with Crippen LogP contribution in [0.3, 0.4) is 0 Å². The van der Waals surface area contributed by atoms with Gasteiger partial charge in [-0.25, -0.2) is 8.78 Å². The molecule has 2 nitrogen and oxygen atoms in total. The van der Waals surface area contributed by atoms with Gasteiger partial charge in [0.15, 0.2) is 17.4 Å². The van der Waals surface area contributed by atoms with E-state index < -0.39 is 11.6 Å². The van der Waals surface area contributed by atoms with Crippen molar-refractivity contribution in [1.29, 1.82) is 0 Å². The largest absolute Gasteiger partial charge is 0.398 e. The van der Waals surface area contributed by atoms with Crippen LogP contribution in [0.4, 0.5) is 14.5 Å². The molecular weight excluding hydrogens is 272 g/mol. The topological polar surface area (TPSA) is 43.1 Å². The van der Waals surface area contributed by atoms with Crippen molar-refractivity contribution < 1.29 is 13.6 Å². The smallest absolute Gasteiger partial charge is 0.167 e. The van der Waals surface area contributed by atoms with Crippen LogP contribution in [0.5, 0.6) is 0 Å². The molecule has 0 aliphatic heterocycles. The highest BCUT2D eigenvalue weighted by Crippen LogP contribution is 2.20. The maximum atomic E-state index is 13.0. The highest BCUT2D eigenvalue weighted by Gasteiger charge is 2.10. The van der Waals surface area contributed by atoms with E-state index in [0.29, 0.717) is 21.8 Å². The van der Waals surface area contributed by atoms with Crippen LogP contribution in [0.25, 0.3) is 0 Å². The Morgan fingerprint density at radius 2 is 1.84 bits per heavy atom. The SMILES string of the molecule is Nc1cc(C(=O)Cc2ccc(F)c(F)c2)ccc1Cl. The van der Waals surface area contributed by atoms with Crippen LogP contribution < -0.4 is 5.73 Å². The van der Waals surface area contributed by atoms with E-state index in [9.17, 15) is 13.6 Å². The molecule has 2 aromatic rings. The number of rotatable bonds is 3. The summed E-state index contributed by atoms with van der Waals surface area (Å²) in [6.45, 7) is 0. The van der Waals surface area contributed by atoms with Crippen molar-refractivity contribution >= 4 is 23.1 Å². The fourth-order valence-corrected chi connectivity index (χ4v) is 1.77. The second-order valence-electron chi connectivity index (χ2n) is 4.08. The van der Waals surface area contributed by atoms with Crippen LogP contribution in [0, 0.1) is 11.6 Å². The molecule has 0 aliphatic carbocycles. The Morgan fingerprint density at radius 3 is 2.47 bits per heavy atom. The normalized spacial score (nSPS) is 10.5. The van der Waals surface area contributed by atoms with Gasteiger partial charge in [-0.15, -0.1) is 0 Å². The number of carbonyl (C=O) groups excluding carboxylic acids is 1. The van der Waals surface area contributed by atoms with Crippen LogP contribution >= 0.6 is 11.6 Å². The average Bonchev–Trinajstić information content (AvgIpc) is 2.37. The van der Waals surface area contributed by atoms with Crippen LogP contribution in [-0.4, -0.2) is 5.78 Å². The zero-order valence-corrected chi connectivity index (χ0v) is 10.5. The molecule has 0 fully saturated rings. The van der Waals surface area contributed by atoms with Crippen molar-refractivity contribution in [2.45, 2.75) is 6.42 Å². The summed E-state index contributed by atoms with van der Waals surface area (Å²) in [7, 11) is 0. The highest BCUT2D eigenvalue weighted by atomic mass is 35.5. The van der Waals surface area contributed by atoms with Crippen molar-refractivity contribution in [3.05, 3.63) is 64.2 Å². The summed E-state index contributed by atoms with van der Waals surface area (Å²) in [6, 6.07) is 7.90. The predicted octanol–water partition coefficient (Wildman–Crippen LogP) is 3.63. The maximum Gasteiger partial charge on any atom is 0.167 e. The number of ketones is 1. The molecule has 0 amide bonds. The molecule has 0 saturated heterocycles. The van der Waals surface area contributed by atoms with Crippen molar-refractivity contribution in [3.8, 4) is 0 Å². The minimum Gasteiger partial charge on any atom is -0.398 e. The molecule has 0 saturated carbocycles. The summed E-state index contributed by atoms with van der Waals surface area (Å²) in [6.07, 6.45) is -0.0295. The van der Waals surface area contributed by atoms with E-state index in [2.05, 4.69) is 0 Å². The van der Waals surface area contributed by atoms with Crippen LogP contribution in [0.15, 0.2) is 36.4 Å². The number of hydrogen-bond acceptors (Lipinski definition) is 2. The van der Waals surface area contributed by atoms with Crippen LogP contribution in [0.2, 0.25) is 5.02 Å². The van der Waals surface area contributed by atoms with Crippen LogP contribution in [-0.2, 0) is 6.42 Å². The number of carbonyl (C=O) groups is 1. The highest BCUT2D eigenvalue weighted by molar-refractivity contribution is 6.33. The Morgan fingerprint density at radius 1 is 1.11 bits per heavy atom. The lowest BCUT2D eigenvalue weighted by Crippen LogP contribution is -2.05. The van der Waals surface area contributed by atoms with Gasteiger partial charge < -0.3 is 5.73 Å². The fraction of sp³-hybridized carbons (Fsp3) is 0.0714. The minimum absolute atomic E-state index is 0.0295. The number of Topliss-reactive ketones (excluding diaryl/α,β-unsaturated/α-hetero) is 1. The average molecular weight is 282 g/mol. The third kappa shape index (κ3) is 3.09. The first-order valence-electron chi connectivity index (χ1n) is 5.49. The Hall–Kier alpha value is -1.94. The van der Waals surface area contributed by atoms with E-state index >= 15 is 0 Å². The number of nitrogen functional groups attached to an aromatic ring is 1. The molecule has 2 N–H and O–H groups in total. The minimum atomic E-state index is -0.971. The van der Waals surface area contributed by atoms with Crippen molar-refractivity contribution in [2.24, 2.45) is 0 Å². The summed E-state index contributed by atoms with van der Waals surface area (Å²) in [4.78, 5) is 12.0. The molecule has 0 unspecified atom stereocenters. The van der Waals surface area contributed by atoms with E-state index in [1.807, 2.05) is 0 Å². The van der Waals surface area contributed by atoms with E-state index in [-0.39, 0.29) is 12.2 Å². The molecule has 0 aromatic heterocycles. The number of hydrogen-bond donors (Lipinski definition) is 1. The molecule has 0 atom stereocenters. The Labute approximate surface area is 113 Å². The van der Waals surface area contributed by atoms with Gasteiger partial charge in [0, 0.05) is 12.0 Å². The number of benzene rings is 2. The number of halogens is 3. The zero-order valence-electron chi connectivity index (χ0n) is 9.79. The lowest BCUT2D eigenvalue weighted by molar-refractivity contribution is 0.0993. The van der Waals surface area contributed by atoms with Crippen LogP contribution in [0.1, 0.15) is 15.9 Å². The van der Waals surface area contributed by atoms with Gasteiger partial charge in [0.1, 0.15) is 0 Å². The first kappa shape index (κ1) is 13.5. The van der Waals surface area contributed by atoms with Gasteiger partial charge in [-0.2, -0.15) is 0 Å². The summed E-state index contributed by atoms with van der Waals surface area (Å²) in [5.74, 6) is -2.15. The molecule has 2 rings (SSSR count). The van der Waals surface area contributed by atoms with Gasteiger partial charge in [0.2, 0.25) is 0 Å². The summed E-state index contributed by atoms with van der Waals surface area (Å²) >= 11 is 5.76. The third-order valence-corrected chi connectivity index (χ3v) is 3.01. The quantitative estimate of drug-likeness (QED) is 0.690. The molecule has 2 aromatic carbocycles. The summed E-state index contributed by atoms with van der Waals surface area (Å²) in [5, 5.41) is 0.365. The van der Waals surface area contributed by atoms with Gasteiger partial charge >= 0.3 is 0 Å². The first-order valence-corrected chi connectivity index (χ1v) is 5.87. The van der Waals surface area contributed by atoms with E-state index in [1.54, 1.807) is 6.07 Å². The van der Waals surface area contributed by atoms with Gasteiger partial charge in [0.05, 0.1) is 10.7 Å². The predicted molar refractivity (Wildman–Crippen MR) is 70.3 cm³/mol. The Balaban J connectivity index is 2.20. The van der Waals surface area contributed by atoms with Gasteiger partial charge in [-0.3, -0.25) is 4.79 Å². The molecule has 5 heteroatoms. The standard InChI is InChI=1S/C14H10ClF2NO/c15-10-3-2-9(7-13(10)18)14(19)6-8-1-4-11(16)12(17)5-8/h1-5,7H,6,18H2. The van der Waals surface area contributed by atoms with Crippen molar-refractivity contribution in [1.82, 2.24) is 0 Å². The van der Waals surface area contributed by atoms with Gasteiger partial charge in [-0.05, 0) is 35.9 Å². The molecular formula is C14H10ClF2NO.